The molecule has 0 bridgehead atoms. The molecule has 0 fully saturated rings. The van der Waals surface area contributed by atoms with E-state index in [9.17, 15) is 39.6 Å². The molecule has 1 aromatic rings. The predicted molar refractivity (Wildman–Crippen MR) is 68.4 cm³/mol. The maximum absolute atomic E-state index is 12.9. The zero-order valence-electron chi connectivity index (χ0n) is 11.8. The molecule has 2 unspecified atom stereocenters. The van der Waals surface area contributed by atoms with E-state index in [1.165, 1.54) is 0 Å². The first kappa shape index (κ1) is 20.2. The minimum absolute atomic E-state index is 0.154. The van der Waals surface area contributed by atoms with Gasteiger partial charge in [0, 0.05) is 0 Å². The first-order chi connectivity index (χ1) is 10.7. The number of hydrogen-bond donors (Lipinski definition) is 2. The van der Waals surface area contributed by atoms with Crippen LogP contribution in [0.15, 0.2) is 29.2 Å². The van der Waals surface area contributed by atoms with Gasteiger partial charge in [0.1, 0.15) is 6.04 Å². The molecule has 1 aromatic carbocycles. The highest BCUT2D eigenvalue weighted by atomic mass is 32.2. The monoisotopic (exact) mass is 379 g/mol. The van der Waals surface area contributed by atoms with E-state index in [2.05, 4.69) is 0 Å². The quantitative estimate of drug-likeness (QED) is 0.771. The van der Waals surface area contributed by atoms with E-state index < -0.39 is 50.8 Å². The van der Waals surface area contributed by atoms with Gasteiger partial charge in [-0.15, -0.1) is 0 Å². The van der Waals surface area contributed by atoms with Gasteiger partial charge in [-0.25, -0.2) is 8.42 Å². The molecular formula is C12H11F6NO4S. The average Bonchev–Trinajstić information content (AvgIpc) is 2.42. The highest BCUT2D eigenvalue weighted by Crippen LogP contribution is 2.31. The lowest BCUT2D eigenvalue weighted by Crippen LogP contribution is -2.51. The summed E-state index contributed by atoms with van der Waals surface area (Å²) in [5.41, 5.74) is -1.37. The molecular weight excluding hydrogens is 368 g/mol. The van der Waals surface area contributed by atoms with Crippen LogP contribution in [0.1, 0.15) is 12.5 Å². The van der Waals surface area contributed by atoms with Gasteiger partial charge in [0.2, 0.25) is 10.0 Å². The number of sulfonamides is 1. The third-order valence-electron chi connectivity index (χ3n) is 3.00. The first-order valence-corrected chi connectivity index (χ1v) is 7.63. The summed E-state index contributed by atoms with van der Waals surface area (Å²) in [6.45, 7) is 0.620. The van der Waals surface area contributed by atoms with Crippen molar-refractivity contribution >= 4 is 16.0 Å². The Kier molecular flexibility index (Phi) is 5.55. The summed E-state index contributed by atoms with van der Waals surface area (Å²) in [6.07, 6.45) is -10.2. The van der Waals surface area contributed by atoms with Crippen LogP contribution in [0, 0.1) is 5.92 Å². The lowest BCUT2D eigenvalue weighted by atomic mass is 10.0. The number of halogens is 6. The lowest BCUT2D eigenvalue weighted by Gasteiger charge is -2.24. The number of nitrogens with one attached hydrogen (secondary N) is 1. The fourth-order valence-corrected chi connectivity index (χ4v) is 3.02. The number of carbonyl (C=O) groups is 1. The summed E-state index contributed by atoms with van der Waals surface area (Å²) >= 11 is 0. The minimum Gasteiger partial charge on any atom is -0.481 e. The maximum Gasteiger partial charge on any atom is 0.416 e. The number of rotatable bonds is 5. The van der Waals surface area contributed by atoms with Gasteiger partial charge in [-0.2, -0.15) is 31.1 Å². The Morgan fingerprint density at radius 2 is 1.71 bits per heavy atom. The summed E-state index contributed by atoms with van der Waals surface area (Å²) in [4.78, 5) is 9.65. The predicted octanol–water partition coefficient (Wildman–Crippen LogP) is 2.64. The summed E-state index contributed by atoms with van der Waals surface area (Å²) in [6, 6.07) is -0.937. The Labute approximate surface area is 132 Å². The van der Waals surface area contributed by atoms with E-state index in [0.29, 0.717) is 25.1 Å². The number of hydrogen-bond acceptors (Lipinski definition) is 3. The van der Waals surface area contributed by atoms with Crippen LogP contribution < -0.4 is 4.72 Å². The van der Waals surface area contributed by atoms with Crippen molar-refractivity contribution in [2.24, 2.45) is 5.92 Å². The number of aliphatic carboxylic acids is 1. The van der Waals surface area contributed by atoms with Crippen LogP contribution in [0.25, 0.3) is 0 Å². The van der Waals surface area contributed by atoms with Crippen molar-refractivity contribution in [2.75, 3.05) is 0 Å². The highest BCUT2D eigenvalue weighted by Gasteiger charge is 2.48. The zero-order valence-corrected chi connectivity index (χ0v) is 12.6. The van der Waals surface area contributed by atoms with Gasteiger partial charge in [0.05, 0.1) is 16.4 Å². The second-order valence-electron chi connectivity index (χ2n) is 4.79. The van der Waals surface area contributed by atoms with E-state index in [1.807, 2.05) is 0 Å². The van der Waals surface area contributed by atoms with Crippen molar-refractivity contribution in [1.29, 1.82) is 0 Å². The molecule has 2 N–H and O–H groups in total. The van der Waals surface area contributed by atoms with Gasteiger partial charge in [-0.3, -0.25) is 4.79 Å². The summed E-state index contributed by atoms with van der Waals surface area (Å²) < 4.78 is 101. The van der Waals surface area contributed by atoms with Crippen molar-refractivity contribution in [3.63, 3.8) is 0 Å². The van der Waals surface area contributed by atoms with Crippen LogP contribution in [-0.4, -0.2) is 31.7 Å². The van der Waals surface area contributed by atoms with Crippen LogP contribution in [0.2, 0.25) is 0 Å². The minimum atomic E-state index is -5.26. The molecule has 1 rings (SSSR count). The van der Waals surface area contributed by atoms with Gasteiger partial charge in [-0.1, -0.05) is 13.0 Å². The number of benzene rings is 1. The molecule has 0 aliphatic rings. The largest absolute Gasteiger partial charge is 0.481 e. The summed E-state index contributed by atoms with van der Waals surface area (Å²) in [5, 5.41) is 8.65. The van der Waals surface area contributed by atoms with E-state index in [-0.39, 0.29) is 6.07 Å². The zero-order chi connectivity index (χ0) is 18.9. The molecule has 0 aliphatic carbocycles. The van der Waals surface area contributed by atoms with Crippen molar-refractivity contribution < 1.29 is 44.7 Å². The van der Waals surface area contributed by atoms with E-state index in [1.54, 1.807) is 0 Å². The third kappa shape index (κ3) is 4.84. The molecule has 0 saturated carbocycles. The van der Waals surface area contributed by atoms with E-state index >= 15 is 0 Å². The molecule has 0 amide bonds. The van der Waals surface area contributed by atoms with Gasteiger partial charge in [0.15, 0.2) is 0 Å². The third-order valence-corrected chi connectivity index (χ3v) is 4.43. The molecule has 0 heterocycles. The average molecular weight is 379 g/mol. The standard InChI is InChI=1S/C12H11F6NO4S/c1-6(10(20)21)9(12(16,17)18)19-24(22,23)8-4-2-3-7(5-8)11(13,14)15/h2-6,9,19H,1H3,(H,20,21). The van der Waals surface area contributed by atoms with Gasteiger partial charge in [-0.05, 0) is 18.2 Å². The highest BCUT2D eigenvalue weighted by molar-refractivity contribution is 7.89. The molecule has 5 nitrogen and oxygen atoms in total. The molecule has 12 heteroatoms. The molecule has 0 saturated heterocycles. The Balaban J connectivity index is 3.27. The number of carboxylic acid groups (broad SMARTS) is 1. The number of carboxylic acids is 1. The SMILES string of the molecule is CC(C(=O)O)C(NS(=O)(=O)c1cccc(C(F)(F)F)c1)C(F)(F)F. The van der Waals surface area contributed by atoms with Crippen LogP contribution >= 0.6 is 0 Å². The van der Waals surface area contributed by atoms with Crippen LogP contribution in [-0.2, 0) is 21.0 Å². The molecule has 0 spiro atoms. The van der Waals surface area contributed by atoms with Crippen molar-refractivity contribution in [3.05, 3.63) is 29.8 Å². The van der Waals surface area contributed by atoms with Gasteiger partial charge in [0.25, 0.3) is 0 Å². The molecule has 24 heavy (non-hydrogen) atoms. The van der Waals surface area contributed by atoms with E-state index in [4.69, 9.17) is 5.11 Å². The molecule has 136 valence electrons. The second-order valence-corrected chi connectivity index (χ2v) is 6.51. The lowest BCUT2D eigenvalue weighted by molar-refractivity contribution is -0.174. The van der Waals surface area contributed by atoms with E-state index in [0.717, 1.165) is 4.72 Å². The fourth-order valence-electron chi connectivity index (χ4n) is 1.67. The molecule has 2 atom stereocenters. The molecule has 0 aromatic heterocycles. The van der Waals surface area contributed by atoms with Crippen molar-refractivity contribution in [3.8, 4) is 0 Å². The van der Waals surface area contributed by atoms with Crippen molar-refractivity contribution in [1.82, 2.24) is 4.72 Å². The summed E-state index contributed by atoms with van der Waals surface area (Å²) in [5.74, 6) is -4.12. The smallest absolute Gasteiger partial charge is 0.416 e. The molecule has 0 radical (unpaired) electrons. The van der Waals surface area contributed by atoms with Crippen LogP contribution in [0.5, 0.6) is 0 Å². The normalized spacial score (nSPS) is 15.8. The Hall–Kier alpha value is -1.82. The Morgan fingerprint density at radius 3 is 2.12 bits per heavy atom. The first-order valence-electron chi connectivity index (χ1n) is 6.15. The van der Waals surface area contributed by atoms with Gasteiger partial charge >= 0.3 is 18.3 Å². The van der Waals surface area contributed by atoms with Crippen LogP contribution in [0.3, 0.4) is 0 Å². The maximum atomic E-state index is 12.9. The Bertz CT molecular complexity index is 713. The summed E-state index contributed by atoms with van der Waals surface area (Å²) in [7, 11) is -5.04. The number of alkyl halides is 6. The topological polar surface area (TPSA) is 83.5 Å². The van der Waals surface area contributed by atoms with Crippen LogP contribution in [0.4, 0.5) is 26.3 Å². The molecule has 0 aliphatic heterocycles. The fraction of sp³-hybridized carbons (Fsp3) is 0.417. The Morgan fingerprint density at radius 1 is 1.17 bits per heavy atom. The second kappa shape index (κ2) is 6.59. The van der Waals surface area contributed by atoms with Crippen molar-refractivity contribution in [2.45, 2.75) is 30.2 Å². The van der Waals surface area contributed by atoms with Gasteiger partial charge < -0.3 is 5.11 Å².